The molecule has 2 aromatic carbocycles. The van der Waals surface area contributed by atoms with Gasteiger partial charge >= 0.3 is 12.2 Å². The summed E-state index contributed by atoms with van der Waals surface area (Å²) in [5, 5.41) is 22.4. The SMILES string of the molecule is CC1=C(c2cccn2-c2ccc(C#N)cc2)[N+](C)([O-])C(=O)N1c1cccc(C(F)(F)F)c1. The van der Waals surface area contributed by atoms with Crippen LogP contribution in [-0.4, -0.2) is 22.3 Å². The van der Waals surface area contributed by atoms with E-state index in [9.17, 15) is 23.2 Å². The van der Waals surface area contributed by atoms with Gasteiger partial charge in [-0.3, -0.25) is 0 Å². The Bertz CT molecular complexity index is 1280. The van der Waals surface area contributed by atoms with Gasteiger partial charge in [0.25, 0.3) is 0 Å². The fraction of sp³-hybridized carbons (Fsp3) is 0.130. The molecule has 32 heavy (non-hydrogen) atoms. The topological polar surface area (TPSA) is 72.1 Å². The minimum absolute atomic E-state index is 0.0333. The van der Waals surface area contributed by atoms with Crippen LogP contribution in [0.5, 0.6) is 0 Å². The lowest BCUT2D eigenvalue weighted by Crippen LogP contribution is -2.43. The van der Waals surface area contributed by atoms with Crippen molar-refractivity contribution in [2.24, 2.45) is 0 Å². The highest BCUT2D eigenvalue weighted by molar-refractivity contribution is 6.00. The van der Waals surface area contributed by atoms with Crippen LogP contribution in [0, 0.1) is 16.5 Å². The largest absolute Gasteiger partial charge is 0.618 e. The Hall–Kier alpha value is -3.87. The number of anilines is 1. The molecule has 2 amide bonds. The van der Waals surface area contributed by atoms with E-state index in [-0.39, 0.29) is 17.1 Å². The zero-order chi connectivity index (χ0) is 23.3. The molecule has 0 saturated heterocycles. The number of allylic oxidation sites excluding steroid dienone is 1. The molecule has 9 heteroatoms. The first-order valence-electron chi connectivity index (χ1n) is 9.55. The van der Waals surface area contributed by atoms with Crippen LogP contribution in [0.25, 0.3) is 11.4 Å². The molecule has 0 spiro atoms. The van der Waals surface area contributed by atoms with Crippen molar-refractivity contribution in [2.45, 2.75) is 13.1 Å². The maximum Gasteiger partial charge on any atom is 0.433 e. The number of quaternary nitrogens is 1. The number of carbonyl (C=O) groups excluding carboxylic acids is 1. The first-order valence-corrected chi connectivity index (χ1v) is 9.55. The molecular formula is C23H17F3N4O2. The van der Waals surface area contributed by atoms with Crippen molar-refractivity contribution in [1.29, 1.82) is 5.26 Å². The van der Waals surface area contributed by atoms with E-state index in [2.05, 4.69) is 0 Å². The van der Waals surface area contributed by atoms with E-state index in [0.717, 1.165) is 24.1 Å². The quantitative estimate of drug-likeness (QED) is 0.392. The van der Waals surface area contributed by atoms with E-state index >= 15 is 0 Å². The second kappa shape index (κ2) is 7.37. The number of alkyl halides is 3. The zero-order valence-electron chi connectivity index (χ0n) is 17.1. The summed E-state index contributed by atoms with van der Waals surface area (Å²) in [7, 11) is 1.16. The Kier molecular flexibility index (Phi) is 4.92. The van der Waals surface area contributed by atoms with Crippen molar-refractivity contribution < 1.29 is 22.6 Å². The molecule has 1 atom stereocenters. The summed E-state index contributed by atoms with van der Waals surface area (Å²) in [4.78, 5) is 14.1. The van der Waals surface area contributed by atoms with Gasteiger partial charge in [0.15, 0.2) is 5.70 Å². The van der Waals surface area contributed by atoms with Gasteiger partial charge in [-0.2, -0.15) is 18.4 Å². The maximum absolute atomic E-state index is 13.4. The number of benzene rings is 2. The summed E-state index contributed by atoms with van der Waals surface area (Å²) < 4.78 is 39.9. The maximum atomic E-state index is 13.4. The van der Waals surface area contributed by atoms with E-state index in [1.165, 1.54) is 19.1 Å². The van der Waals surface area contributed by atoms with E-state index in [4.69, 9.17) is 5.26 Å². The third kappa shape index (κ3) is 3.36. The third-order valence-corrected chi connectivity index (χ3v) is 5.36. The molecule has 3 aromatic rings. The van der Waals surface area contributed by atoms with Gasteiger partial charge in [0.05, 0.1) is 35.6 Å². The van der Waals surface area contributed by atoms with Crippen LogP contribution in [-0.2, 0) is 6.18 Å². The molecule has 4 rings (SSSR count). The van der Waals surface area contributed by atoms with Crippen LogP contribution in [0.3, 0.4) is 0 Å². The van der Waals surface area contributed by atoms with Crippen molar-refractivity contribution >= 4 is 17.4 Å². The first-order chi connectivity index (χ1) is 15.1. The normalized spacial score (nSPS) is 18.9. The number of rotatable bonds is 3. The second-order valence-corrected chi connectivity index (χ2v) is 7.45. The number of hydrogen-bond acceptors (Lipinski definition) is 3. The lowest BCUT2D eigenvalue weighted by atomic mass is 10.1. The average molecular weight is 438 g/mol. The highest BCUT2D eigenvalue weighted by atomic mass is 19.4. The molecule has 1 aliphatic rings. The average Bonchev–Trinajstić information content (AvgIpc) is 3.28. The minimum atomic E-state index is -4.58. The molecule has 0 bridgehead atoms. The molecule has 1 unspecified atom stereocenters. The number of amides is 2. The summed E-state index contributed by atoms with van der Waals surface area (Å²) in [6, 6.07) is 15.5. The molecule has 0 fully saturated rings. The second-order valence-electron chi connectivity index (χ2n) is 7.45. The monoisotopic (exact) mass is 438 g/mol. The molecule has 162 valence electrons. The Morgan fingerprint density at radius 2 is 1.72 bits per heavy atom. The van der Waals surface area contributed by atoms with Crippen molar-refractivity contribution in [3.05, 3.63) is 94.6 Å². The molecule has 0 saturated carbocycles. The van der Waals surface area contributed by atoms with Crippen LogP contribution in [0.15, 0.2) is 72.6 Å². The number of carbonyl (C=O) groups is 1. The lowest BCUT2D eigenvalue weighted by Gasteiger charge is -2.32. The molecule has 0 N–H and O–H groups in total. The Balaban J connectivity index is 1.85. The van der Waals surface area contributed by atoms with Gasteiger partial charge in [0.2, 0.25) is 0 Å². The summed E-state index contributed by atoms with van der Waals surface area (Å²) in [5.41, 5.74) is 0.956. The molecular weight excluding hydrogens is 421 g/mol. The van der Waals surface area contributed by atoms with Crippen molar-refractivity contribution in [3.63, 3.8) is 0 Å². The molecule has 6 nitrogen and oxygen atoms in total. The van der Waals surface area contributed by atoms with Gasteiger partial charge in [-0.15, -0.1) is 0 Å². The van der Waals surface area contributed by atoms with E-state index < -0.39 is 22.4 Å². The van der Waals surface area contributed by atoms with E-state index in [1.54, 1.807) is 47.2 Å². The first kappa shape index (κ1) is 21.4. The highest BCUT2D eigenvalue weighted by Crippen LogP contribution is 2.42. The van der Waals surface area contributed by atoms with Crippen LogP contribution in [0.4, 0.5) is 23.7 Å². The van der Waals surface area contributed by atoms with Crippen molar-refractivity contribution in [2.75, 3.05) is 11.9 Å². The molecule has 0 aliphatic carbocycles. The van der Waals surface area contributed by atoms with E-state index in [1.807, 2.05) is 6.07 Å². The smallest absolute Gasteiger partial charge is 0.433 e. The summed E-state index contributed by atoms with van der Waals surface area (Å²) in [6.07, 6.45) is -2.88. The van der Waals surface area contributed by atoms with Gasteiger partial charge < -0.3 is 9.77 Å². The van der Waals surface area contributed by atoms with Crippen molar-refractivity contribution in [1.82, 2.24) is 4.57 Å². The molecule has 1 aromatic heterocycles. The predicted molar refractivity (Wildman–Crippen MR) is 112 cm³/mol. The minimum Gasteiger partial charge on any atom is -0.618 e. The number of hydroxylamine groups is 3. The fourth-order valence-electron chi connectivity index (χ4n) is 3.87. The molecule has 0 radical (unpaired) electrons. The number of hydrogen-bond donors (Lipinski definition) is 0. The molecule has 1 aliphatic heterocycles. The van der Waals surface area contributed by atoms with Gasteiger partial charge in [0.1, 0.15) is 5.69 Å². The highest BCUT2D eigenvalue weighted by Gasteiger charge is 2.46. The van der Waals surface area contributed by atoms with Crippen LogP contribution in [0.1, 0.15) is 23.7 Å². The van der Waals surface area contributed by atoms with Gasteiger partial charge in [-0.1, -0.05) is 6.07 Å². The number of nitriles is 1. The van der Waals surface area contributed by atoms with Crippen molar-refractivity contribution in [3.8, 4) is 11.8 Å². The predicted octanol–water partition coefficient (Wildman–Crippen LogP) is 5.64. The van der Waals surface area contributed by atoms with Crippen LogP contribution >= 0.6 is 0 Å². The number of urea groups is 1. The standard InChI is InChI=1S/C23H17F3N4O2/c1-15-21(20-7-4-12-28(20)18-10-8-16(14-27)9-11-18)30(2,32)22(31)29(15)19-6-3-5-17(13-19)23(24,25)26/h3-13H,1-2H3. The summed E-state index contributed by atoms with van der Waals surface area (Å²) in [6.45, 7) is 1.53. The third-order valence-electron chi connectivity index (χ3n) is 5.36. The van der Waals surface area contributed by atoms with E-state index in [0.29, 0.717) is 16.9 Å². The number of aromatic nitrogens is 1. The Labute approximate surface area is 181 Å². The van der Waals surface area contributed by atoms with Gasteiger partial charge in [0, 0.05) is 11.9 Å². The summed E-state index contributed by atoms with van der Waals surface area (Å²) >= 11 is 0. The number of nitrogens with zero attached hydrogens (tertiary/aromatic N) is 4. The fourth-order valence-corrected chi connectivity index (χ4v) is 3.87. The van der Waals surface area contributed by atoms with Gasteiger partial charge in [-0.25, -0.2) is 14.3 Å². The molecule has 2 heterocycles. The Morgan fingerprint density at radius 1 is 1.03 bits per heavy atom. The van der Waals surface area contributed by atoms with Gasteiger partial charge in [-0.05, 0) is 61.5 Å². The number of halogens is 3. The Morgan fingerprint density at radius 3 is 2.34 bits per heavy atom. The summed E-state index contributed by atoms with van der Waals surface area (Å²) in [5.74, 6) is 0. The zero-order valence-corrected chi connectivity index (χ0v) is 17.1. The van der Waals surface area contributed by atoms with Crippen LogP contribution < -0.4 is 4.90 Å². The van der Waals surface area contributed by atoms with Crippen LogP contribution in [0.2, 0.25) is 0 Å². The lowest BCUT2D eigenvalue weighted by molar-refractivity contribution is -0.692.